The van der Waals surface area contributed by atoms with E-state index in [2.05, 4.69) is 35.8 Å². The van der Waals surface area contributed by atoms with Crippen molar-refractivity contribution in [3.05, 3.63) is 48.3 Å². The van der Waals surface area contributed by atoms with E-state index in [1.165, 1.54) is 0 Å². The Morgan fingerprint density at radius 2 is 1.79 bits per heavy atom. The zero-order chi connectivity index (χ0) is 30.3. The van der Waals surface area contributed by atoms with Crippen molar-refractivity contribution >= 4 is 53.1 Å². The first-order valence-corrected chi connectivity index (χ1v) is 13.3. The van der Waals surface area contributed by atoms with Crippen LogP contribution in [0.2, 0.25) is 0 Å². The second-order valence-corrected chi connectivity index (χ2v) is 10.5. The van der Waals surface area contributed by atoms with E-state index in [0.29, 0.717) is 49.4 Å². The number of aromatic nitrogens is 3. The lowest BCUT2D eigenvalue weighted by atomic mass is 10.2. The molecular formula is C28H34N8O6. The number of nitrogens with one attached hydrogen (secondary N) is 3. The van der Waals surface area contributed by atoms with Crippen molar-refractivity contribution in [1.29, 1.82) is 0 Å². The molecule has 5 rings (SSSR count). The molecule has 0 atom stereocenters. The molecule has 0 bridgehead atoms. The number of rotatable bonds is 5. The van der Waals surface area contributed by atoms with E-state index in [1.54, 1.807) is 29.4 Å². The average Bonchev–Trinajstić information content (AvgIpc) is 2.95. The third-order valence-electron chi connectivity index (χ3n) is 6.11. The Hall–Kier alpha value is -5.14. The number of anilines is 6. The Morgan fingerprint density at radius 1 is 1.07 bits per heavy atom. The van der Waals surface area contributed by atoms with E-state index in [9.17, 15) is 9.59 Å². The zero-order valence-electron chi connectivity index (χ0n) is 23.9. The molecule has 4 N–H and O–H groups in total. The molecule has 2 aromatic heterocycles. The van der Waals surface area contributed by atoms with Gasteiger partial charge in [0.15, 0.2) is 6.61 Å². The first-order valence-electron chi connectivity index (χ1n) is 13.3. The number of piperazine rings is 1. The van der Waals surface area contributed by atoms with Gasteiger partial charge in [-0.3, -0.25) is 9.59 Å². The first-order chi connectivity index (χ1) is 20.0. The highest BCUT2D eigenvalue weighted by Crippen LogP contribution is 2.32. The molecule has 1 fully saturated rings. The van der Waals surface area contributed by atoms with Crippen LogP contribution in [0.1, 0.15) is 26.3 Å². The molecule has 2 aliphatic heterocycles. The Labute approximate surface area is 243 Å². The summed E-state index contributed by atoms with van der Waals surface area (Å²) in [4.78, 5) is 49.8. The maximum Gasteiger partial charge on any atom is 0.410 e. The van der Waals surface area contributed by atoms with Crippen molar-refractivity contribution in [3.63, 3.8) is 0 Å². The Bertz CT molecular complexity index is 1420. The van der Waals surface area contributed by atoms with Crippen LogP contribution in [0, 0.1) is 6.92 Å². The molecule has 0 saturated carbocycles. The molecule has 3 aromatic rings. The minimum Gasteiger partial charge on any atom is -0.483 e. The molecule has 42 heavy (non-hydrogen) atoms. The Morgan fingerprint density at radius 3 is 2.45 bits per heavy atom. The van der Waals surface area contributed by atoms with Gasteiger partial charge in [0, 0.05) is 43.6 Å². The molecule has 0 aliphatic carbocycles. The minimum absolute atomic E-state index is 0.0143. The molecule has 2 amide bonds. The lowest BCUT2D eigenvalue weighted by Crippen LogP contribution is -2.50. The van der Waals surface area contributed by atoms with Gasteiger partial charge in [0.25, 0.3) is 12.4 Å². The predicted octanol–water partition coefficient (Wildman–Crippen LogP) is 3.76. The molecule has 0 spiro atoms. The van der Waals surface area contributed by atoms with Gasteiger partial charge in [0.05, 0.1) is 17.6 Å². The van der Waals surface area contributed by atoms with E-state index >= 15 is 0 Å². The van der Waals surface area contributed by atoms with Gasteiger partial charge in [-0.15, -0.1) is 0 Å². The number of aryl methyl sites for hydroxylation is 1. The SMILES string of the molecule is Cc1cnc(Nc2ccc(N3CCN(C(=O)OC(C)(C)C)CC3)nc2)nc1Nc1ccc2c(c1)NC(=O)CO2.O=CO. The Balaban J connectivity index is 0.00000129. The summed E-state index contributed by atoms with van der Waals surface area (Å²) in [6.45, 7) is 9.78. The Kier molecular flexibility index (Phi) is 9.25. The van der Waals surface area contributed by atoms with Crippen LogP contribution >= 0.6 is 0 Å². The average molecular weight is 579 g/mol. The zero-order valence-corrected chi connectivity index (χ0v) is 23.9. The third-order valence-corrected chi connectivity index (χ3v) is 6.11. The molecule has 222 valence electrons. The standard InChI is InChI=1S/C27H32N8O4.CH2O2/c1-17-14-29-25(33-24(17)30-18-5-7-21-20(13-18)32-23(36)16-38-21)31-19-6-8-22(28-15-19)34-9-11-35(12-10-34)26(37)39-27(2,3)4;2-1-3/h5-8,13-15H,9-12,16H2,1-4H3,(H,32,36)(H2,29,30,31,33);1H,(H,2,3). The lowest BCUT2D eigenvalue weighted by molar-refractivity contribution is -0.123. The van der Waals surface area contributed by atoms with Crippen LogP contribution in [0.25, 0.3) is 0 Å². The summed E-state index contributed by atoms with van der Waals surface area (Å²) in [5.41, 5.74) is 2.46. The van der Waals surface area contributed by atoms with Gasteiger partial charge in [-0.1, -0.05) is 0 Å². The fraction of sp³-hybridized carbons (Fsp3) is 0.357. The van der Waals surface area contributed by atoms with Gasteiger partial charge in [-0.05, 0) is 58.0 Å². The predicted molar refractivity (Wildman–Crippen MR) is 157 cm³/mol. The molecular weight excluding hydrogens is 544 g/mol. The molecule has 4 heterocycles. The smallest absolute Gasteiger partial charge is 0.410 e. The number of pyridine rings is 1. The van der Waals surface area contributed by atoms with E-state index in [-0.39, 0.29) is 25.1 Å². The van der Waals surface area contributed by atoms with Crippen molar-refractivity contribution in [3.8, 4) is 5.75 Å². The number of benzene rings is 1. The maximum atomic E-state index is 12.3. The molecule has 0 unspecified atom stereocenters. The van der Waals surface area contributed by atoms with Crippen LogP contribution in [0.3, 0.4) is 0 Å². The second kappa shape index (κ2) is 13.0. The van der Waals surface area contributed by atoms with Gasteiger partial charge in [0.1, 0.15) is 23.0 Å². The number of fused-ring (bicyclic) bond motifs is 1. The topological polar surface area (TPSA) is 171 Å². The van der Waals surface area contributed by atoms with Crippen LogP contribution in [0.5, 0.6) is 5.75 Å². The number of hydrogen-bond acceptors (Lipinski definition) is 11. The number of carbonyl (C=O) groups is 3. The molecule has 0 radical (unpaired) electrons. The number of amides is 2. The van der Waals surface area contributed by atoms with Crippen molar-refractivity contribution < 1.29 is 29.0 Å². The summed E-state index contributed by atoms with van der Waals surface area (Å²) in [6.07, 6.45) is 3.18. The summed E-state index contributed by atoms with van der Waals surface area (Å²) in [5.74, 6) is 2.32. The lowest BCUT2D eigenvalue weighted by Gasteiger charge is -2.36. The molecule has 14 heteroatoms. The van der Waals surface area contributed by atoms with Crippen LogP contribution in [-0.4, -0.2) is 81.8 Å². The van der Waals surface area contributed by atoms with E-state index in [4.69, 9.17) is 19.4 Å². The van der Waals surface area contributed by atoms with Crippen LogP contribution in [-0.2, 0) is 14.3 Å². The number of carbonyl (C=O) groups excluding carboxylic acids is 2. The van der Waals surface area contributed by atoms with Crippen molar-refractivity contribution in [2.45, 2.75) is 33.3 Å². The molecule has 1 aromatic carbocycles. The largest absolute Gasteiger partial charge is 0.483 e. The van der Waals surface area contributed by atoms with Gasteiger partial charge in [-0.25, -0.2) is 14.8 Å². The van der Waals surface area contributed by atoms with Crippen LogP contribution in [0.15, 0.2) is 42.7 Å². The van der Waals surface area contributed by atoms with Crippen molar-refractivity contribution in [2.75, 3.05) is 53.6 Å². The number of hydrogen-bond donors (Lipinski definition) is 4. The molecule has 14 nitrogen and oxygen atoms in total. The second-order valence-electron chi connectivity index (χ2n) is 10.5. The summed E-state index contributed by atoms with van der Waals surface area (Å²) >= 11 is 0. The minimum atomic E-state index is -0.508. The molecule has 2 aliphatic rings. The summed E-state index contributed by atoms with van der Waals surface area (Å²) in [6, 6.07) is 9.32. The third kappa shape index (κ3) is 7.96. The van der Waals surface area contributed by atoms with E-state index in [1.807, 2.05) is 45.9 Å². The highest BCUT2D eigenvalue weighted by Gasteiger charge is 2.26. The van der Waals surface area contributed by atoms with E-state index in [0.717, 1.165) is 22.8 Å². The quantitative estimate of drug-likeness (QED) is 0.324. The summed E-state index contributed by atoms with van der Waals surface area (Å²) in [7, 11) is 0. The van der Waals surface area contributed by atoms with E-state index < -0.39 is 5.60 Å². The fourth-order valence-corrected chi connectivity index (χ4v) is 4.15. The van der Waals surface area contributed by atoms with Gasteiger partial charge < -0.3 is 40.3 Å². The van der Waals surface area contributed by atoms with Crippen molar-refractivity contribution in [2.24, 2.45) is 0 Å². The normalized spacial score (nSPS) is 14.3. The molecule has 1 saturated heterocycles. The maximum absolute atomic E-state index is 12.3. The monoisotopic (exact) mass is 578 g/mol. The number of ether oxygens (including phenoxy) is 2. The van der Waals surface area contributed by atoms with Crippen molar-refractivity contribution in [1.82, 2.24) is 19.9 Å². The fourth-order valence-electron chi connectivity index (χ4n) is 4.15. The van der Waals surface area contributed by atoms with Crippen LogP contribution < -0.4 is 25.6 Å². The van der Waals surface area contributed by atoms with Gasteiger partial charge in [-0.2, -0.15) is 4.98 Å². The number of carboxylic acid groups (broad SMARTS) is 1. The highest BCUT2D eigenvalue weighted by atomic mass is 16.6. The van der Waals surface area contributed by atoms with Crippen LogP contribution in [0.4, 0.5) is 39.4 Å². The first kappa shape index (κ1) is 29.8. The summed E-state index contributed by atoms with van der Waals surface area (Å²) in [5, 5.41) is 16.2. The highest BCUT2D eigenvalue weighted by molar-refractivity contribution is 5.96. The van der Waals surface area contributed by atoms with Gasteiger partial charge in [0.2, 0.25) is 5.95 Å². The van der Waals surface area contributed by atoms with Gasteiger partial charge >= 0.3 is 6.09 Å². The number of nitrogens with zero attached hydrogens (tertiary/aromatic N) is 5. The summed E-state index contributed by atoms with van der Waals surface area (Å²) < 4.78 is 10.9.